The second-order valence-corrected chi connectivity index (χ2v) is 8.28. The molecule has 2 aromatic carbocycles. The van der Waals surface area contributed by atoms with Gasteiger partial charge in [0.15, 0.2) is 4.80 Å². The molecule has 0 N–H and O–H groups in total. The number of aryl methyl sites for hydroxylation is 1. The molecule has 0 bridgehead atoms. The van der Waals surface area contributed by atoms with Gasteiger partial charge in [0, 0.05) is 49.3 Å². The average Bonchev–Trinajstić information content (AvgIpc) is 3.21. The molecule has 0 spiro atoms. The Hall–Kier alpha value is -2.81. The molecule has 1 saturated heterocycles. The molecule has 2 heterocycles. The van der Waals surface area contributed by atoms with E-state index >= 15 is 0 Å². The minimum atomic E-state index is -0.353. The standard InChI is InChI=1S/C23H26N4O3S/c1-2-18-6-8-20(9-7-18)24-23-26(11-10-25-12-14-30-15-13-25)22(17-31-23)19-4-3-5-21(16-19)27(28)29/h3-9,16-17H,2,10-15H2,1H3. The molecule has 1 aromatic heterocycles. The summed E-state index contributed by atoms with van der Waals surface area (Å²) >= 11 is 1.56. The largest absolute Gasteiger partial charge is 0.379 e. The Bertz CT molecular complexity index is 1100. The Morgan fingerprint density at radius 2 is 1.90 bits per heavy atom. The number of benzene rings is 2. The van der Waals surface area contributed by atoms with Gasteiger partial charge in [0.2, 0.25) is 0 Å². The summed E-state index contributed by atoms with van der Waals surface area (Å²) in [4.78, 5) is 19.1. The van der Waals surface area contributed by atoms with E-state index in [0.717, 1.165) is 67.6 Å². The summed E-state index contributed by atoms with van der Waals surface area (Å²) in [5, 5.41) is 13.3. The van der Waals surface area contributed by atoms with Crippen molar-refractivity contribution in [1.82, 2.24) is 9.47 Å². The number of nitro benzene ring substituents is 1. The minimum absolute atomic E-state index is 0.0945. The molecule has 0 unspecified atom stereocenters. The van der Waals surface area contributed by atoms with Gasteiger partial charge in [-0.25, -0.2) is 4.99 Å². The molecule has 162 valence electrons. The van der Waals surface area contributed by atoms with Gasteiger partial charge in [0.05, 0.1) is 29.5 Å². The van der Waals surface area contributed by atoms with Gasteiger partial charge >= 0.3 is 0 Å². The van der Waals surface area contributed by atoms with E-state index < -0.39 is 0 Å². The van der Waals surface area contributed by atoms with E-state index in [2.05, 4.69) is 28.5 Å². The number of thiazole rings is 1. The first-order chi connectivity index (χ1) is 15.1. The highest BCUT2D eigenvalue weighted by Gasteiger charge is 2.15. The molecule has 8 heteroatoms. The molecule has 0 radical (unpaired) electrons. The van der Waals surface area contributed by atoms with Gasteiger partial charge in [0.1, 0.15) is 0 Å². The maximum atomic E-state index is 11.3. The zero-order chi connectivity index (χ0) is 21.6. The van der Waals surface area contributed by atoms with E-state index in [9.17, 15) is 10.1 Å². The van der Waals surface area contributed by atoms with E-state index in [-0.39, 0.29) is 10.6 Å². The number of rotatable bonds is 7. The third-order valence-electron chi connectivity index (χ3n) is 5.46. The minimum Gasteiger partial charge on any atom is -0.379 e. The lowest BCUT2D eigenvalue weighted by molar-refractivity contribution is -0.384. The highest BCUT2D eigenvalue weighted by Crippen LogP contribution is 2.25. The highest BCUT2D eigenvalue weighted by molar-refractivity contribution is 7.07. The zero-order valence-corrected chi connectivity index (χ0v) is 18.4. The van der Waals surface area contributed by atoms with Gasteiger partial charge in [-0.3, -0.25) is 15.0 Å². The number of nitrogens with zero attached hydrogens (tertiary/aromatic N) is 4. The number of morpholine rings is 1. The fourth-order valence-electron chi connectivity index (χ4n) is 3.63. The lowest BCUT2D eigenvalue weighted by atomic mass is 10.1. The van der Waals surface area contributed by atoms with Crippen LogP contribution in [0.25, 0.3) is 11.3 Å². The van der Waals surface area contributed by atoms with Crippen molar-refractivity contribution in [1.29, 1.82) is 0 Å². The molecule has 7 nitrogen and oxygen atoms in total. The van der Waals surface area contributed by atoms with Crippen LogP contribution in [-0.4, -0.2) is 47.2 Å². The van der Waals surface area contributed by atoms with Crippen molar-refractivity contribution in [3.05, 3.63) is 74.4 Å². The van der Waals surface area contributed by atoms with Crippen LogP contribution < -0.4 is 4.80 Å². The lowest BCUT2D eigenvalue weighted by Crippen LogP contribution is -2.39. The predicted molar refractivity (Wildman–Crippen MR) is 123 cm³/mol. The Morgan fingerprint density at radius 3 is 2.61 bits per heavy atom. The van der Waals surface area contributed by atoms with E-state index in [1.807, 2.05) is 23.6 Å². The first-order valence-corrected chi connectivity index (χ1v) is 11.4. The zero-order valence-electron chi connectivity index (χ0n) is 17.6. The second kappa shape index (κ2) is 10.00. The summed E-state index contributed by atoms with van der Waals surface area (Å²) in [5.74, 6) is 0. The number of nitro groups is 1. The van der Waals surface area contributed by atoms with Gasteiger partial charge < -0.3 is 9.30 Å². The van der Waals surface area contributed by atoms with Gasteiger partial charge in [-0.2, -0.15) is 0 Å². The Kier molecular flexibility index (Phi) is 6.91. The molecule has 0 aliphatic carbocycles. The van der Waals surface area contributed by atoms with Crippen molar-refractivity contribution in [2.45, 2.75) is 19.9 Å². The number of non-ortho nitro benzene ring substituents is 1. The monoisotopic (exact) mass is 438 g/mol. The average molecular weight is 439 g/mol. The van der Waals surface area contributed by atoms with Gasteiger partial charge in [0.25, 0.3) is 5.69 Å². The Morgan fingerprint density at radius 1 is 1.13 bits per heavy atom. The molecule has 4 rings (SSSR count). The fourth-order valence-corrected chi connectivity index (χ4v) is 4.58. The topological polar surface area (TPSA) is 72.9 Å². The van der Waals surface area contributed by atoms with E-state index in [4.69, 9.17) is 9.73 Å². The molecule has 1 aliphatic heterocycles. The summed E-state index contributed by atoms with van der Waals surface area (Å²) < 4.78 is 7.63. The Labute approximate surface area is 185 Å². The third-order valence-corrected chi connectivity index (χ3v) is 6.33. The van der Waals surface area contributed by atoms with Gasteiger partial charge in [-0.15, -0.1) is 11.3 Å². The van der Waals surface area contributed by atoms with Crippen LogP contribution in [-0.2, 0) is 17.7 Å². The summed E-state index contributed by atoms with van der Waals surface area (Å²) in [5.41, 5.74) is 4.06. The van der Waals surface area contributed by atoms with Crippen molar-refractivity contribution in [2.24, 2.45) is 4.99 Å². The molecular weight excluding hydrogens is 412 g/mol. The predicted octanol–water partition coefficient (Wildman–Crippen LogP) is 4.25. The summed E-state index contributed by atoms with van der Waals surface area (Å²) in [7, 11) is 0. The maximum absolute atomic E-state index is 11.3. The fraction of sp³-hybridized carbons (Fsp3) is 0.348. The first-order valence-electron chi connectivity index (χ1n) is 10.5. The van der Waals surface area contributed by atoms with Crippen molar-refractivity contribution in [2.75, 3.05) is 32.8 Å². The summed E-state index contributed by atoms with van der Waals surface area (Å²) in [6.07, 6.45) is 0.996. The molecule has 1 aliphatic rings. The smallest absolute Gasteiger partial charge is 0.270 e. The summed E-state index contributed by atoms with van der Waals surface area (Å²) in [6, 6.07) is 15.1. The number of ether oxygens (including phenoxy) is 1. The van der Waals surface area contributed by atoms with Crippen molar-refractivity contribution < 1.29 is 9.66 Å². The molecule has 0 saturated carbocycles. The molecule has 0 amide bonds. The number of hydrogen-bond acceptors (Lipinski definition) is 6. The van der Waals surface area contributed by atoms with Crippen LogP contribution in [0.3, 0.4) is 0 Å². The lowest BCUT2D eigenvalue weighted by Gasteiger charge is -2.26. The maximum Gasteiger partial charge on any atom is 0.270 e. The molecule has 3 aromatic rings. The van der Waals surface area contributed by atoms with Gasteiger partial charge in [-0.05, 0) is 24.1 Å². The number of hydrogen-bond donors (Lipinski definition) is 0. The molecule has 1 fully saturated rings. The normalized spacial score (nSPS) is 15.3. The number of aromatic nitrogens is 1. The molecule has 0 atom stereocenters. The van der Waals surface area contributed by atoms with Crippen LogP contribution in [0.1, 0.15) is 12.5 Å². The van der Waals surface area contributed by atoms with E-state index in [1.165, 1.54) is 11.6 Å². The Balaban J connectivity index is 1.71. The van der Waals surface area contributed by atoms with Gasteiger partial charge in [-0.1, -0.05) is 31.2 Å². The van der Waals surface area contributed by atoms with Crippen LogP contribution in [0.2, 0.25) is 0 Å². The highest BCUT2D eigenvalue weighted by atomic mass is 32.1. The van der Waals surface area contributed by atoms with Crippen LogP contribution >= 0.6 is 11.3 Å². The molecular formula is C23H26N4O3S. The van der Waals surface area contributed by atoms with Crippen LogP contribution in [0.5, 0.6) is 0 Å². The van der Waals surface area contributed by atoms with Crippen molar-refractivity contribution in [3.8, 4) is 11.3 Å². The van der Waals surface area contributed by atoms with E-state index in [1.54, 1.807) is 23.5 Å². The second-order valence-electron chi connectivity index (χ2n) is 7.45. The quantitative estimate of drug-likeness (QED) is 0.408. The molecule has 31 heavy (non-hydrogen) atoms. The summed E-state index contributed by atoms with van der Waals surface area (Å²) in [6.45, 7) is 7.12. The van der Waals surface area contributed by atoms with Crippen LogP contribution in [0.4, 0.5) is 11.4 Å². The van der Waals surface area contributed by atoms with Crippen molar-refractivity contribution in [3.63, 3.8) is 0 Å². The van der Waals surface area contributed by atoms with E-state index in [0.29, 0.717) is 0 Å². The van der Waals surface area contributed by atoms with Crippen molar-refractivity contribution >= 4 is 22.7 Å². The SMILES string of the molecule is CCc1ccc(N=c2scc(-c3cccc([N+](=O)[O-])c3)n2CCN2CCOCC2)cc1. The first kappa shape index (κ1) is 21.4. The third kappa shape index (κ3) is 5.28. The van der Waals surface area contributed by atoms with Crippen LogP contribution in [0.15, 0.2) is 58.9 Å². The van der Waals surface area contributed by atoms with Crippen LogP contribution in [0, 0.1) is 10.1 Å².